The molecule has 106 valence electrons. The smallest absolute Gasteiger partial charge is 0.347 e. The molecule has 1 aromatic carbocycles. The van der Waals surface area contributed by atoms with Crippen LogP contribution < -0.4 is 0 Å². The third-order valence-corrected chi connectivity index (χ3v) is 3.75. The van der Waals surface area contributed by atoms with Crippen molar-refractivity contribution in [1.29, 1.82) is 0 Å². The molecular formula is C13H10F3NO2S. The van der Waals surface area contributed by atoms with E-state index in [1.54, 1.807) is 13.8 Å². The van der Waals surface area contributed by atoms with Gasteiger partial charge < -0.3 is 5.11 Å². The molecule has 0 atom stereocenters. The van der Waals surface area contributed by atoms with E-state index in [1.807, 2.05) is 0 Å². The summed E-state index contributed by atoms with van der Waals surface area (Å²) in [5.74, 6) is -5.63. The topological polar surface area (TPSA) is 50.2 Å². The van der Waals surface area contributed by atoms with Crippen molar-refractivity contribution >= 4 is 17.3 Å². The Balaban J connectivity index is 2.63. The number of carboxylic acids is 1. The maximum Gasteiger partial charge on any atom is 0.347 e. The van der Waals surface area contributed by atoms with Crippen LogP contribution in [0.4, 0.5) is 13.2 Å². The van der Waals surface area contributed by atoms with Crippen LogP contribution >= 0.6 is 11.3 Å². The summed E-state index contributed by atoms with van der Waals surface area (Å²) >= 11 is 0.738. The molecule has 1 aromatic heterocycles. The van der Waals surface area contributed by atoms with E-state index in [0.717, 1.165) is 23.5 Å². The monoisotopic (exact) mass is 301 g/mol. The summed E-state index contributed by atoms with van der Waals surface area (Å²) in [4.78, 5) is 15.1. The van der Waals surface area contributed by atoms with Crippen molar-refractivity contribution < 1.29 is 23.1 Å². The summed E-state index contributed by atoms with van der Waals surface area (Å²) in [5.41, 5.74) is 0.0462. The first-order valence-corrected chi connectivity index (χ1v) is 6.52. The van der Waals surface area contributed by atoms with E-state index in [4.69, 9.17) is 5.11 Å². The number of nitrogens with zero attached hydrogens (tertiary/aromatic N) is 1. The van der Waals surface area contributed by atoms with Gasteiger partial charge in [0.25, 0.3) is 0 Å². The Morgan fingerprint density at radius 2 is 1.90 bits per heavy atom. The molecule has 0 amide bonds. The molecule has 2 aromatic rings. The van der Waals surface area contributed by atoms with E-state index < -0.39 is 23.4 Å². The van der Waals surface area contributed by atoms with Crippen molar-refractivity contribution in [3.05, 3.63) is 40.2 Å². The van der Waals surface area contributed by atoms with Crippen LogP contribution in [0, 0.1) is 17.5 Å². The molecule has 2 rings (SSSR count). The zero-order valence-electron chi connectivity index (χ0n) is 10.6. The van der Waals surface area contributed by atoms with Crippen LogP contribution in [0.15, 0.2) is 12.1 Å². The number of hydrogen-bond acceptors (Lipinski definition) is 3. The Morgan fingerprint density at radius 1 is 1.25 bits per heavy atom. The first kappa shape index (κ1) is 14.5. The van der Waals surface area contributed by atoms with Gasteiger partial charge in [-0.1, -0.05) is 13.8 Å². The molecule has 3 nitrogen and oxygen atoms in total. The fourth-order valence-electron chi connectivity index (χ4n) is 1.68. The number of carboxylic acid groups (broad SMARTS) is 1. The van der Waals surface area contributed by atoms with Gasteiger partial charge in [0.1, 0.15) is 9.88 Å². The van der Waals surface area contributed by atoms with E-state index in [-0.39, 0.29) is 21.4 Å². The van der Waals surface area contributed by atoms with Crippen LogP contribution in [-0.4, -0.2) is 16.1 Å². The highest BCUT2D eigenvalue weighted by Crippen LogP contribution is 2.34. The van der Waals surface area contributed by atoms with Gasteiger partial charge in [-0.15, -0.1) is 11.3 Å². The molecule has 0 bridgehead atoms. The fraction of sp³-hybridized carbons (Fsp3) is 0.231. The highest BCUT2D eigenvalue weighted by molar-refractivity contribution is 7.17. The van der Waals surface area contributed by atoms with Crippen LogP contribution in [0.3, 0.4) is 0 Å². The average Bonchev–Trinajstić information content (AvgIpc) is 2.81. The molecule has 0 fully saturated rings. The molecule has 1 N–H and O–H groups in total. The largest absolute Gasteiger partial charge is 0.477 e. The highest BCUT2D eigenvalue weighted by Gasteiger charge is 2.23. The lowest BCUT2D eigenvalue weighted by molar-refractivity contribution is 0.0700. The summed E-state index contributed by atoms with van der Waals surface area (Å²) in [7, 11) is 0. The normalized spacial score (nSPS) is 11.1. The number of halogens is 3. The first-order valence-electron chi connectivity index (χ1n) is 5.70. The minimum atomic E-state index is -1.60. The van der Waals surface area contributed by atoms with Crippen LogP contribution in [0.2, 0.25) is 0 Å². The maximum atomic E-state index is 13.7. The van der Waals surface area contributed by atoms with E-state index in [9.17, 15) is 18.0 Å². The molecule has 0 aliphatic rings. The number of rotatable bonds is 3. The highest BCUT2D eigenvalue weighted by atomic mass is 32.1. The Hall–Kier alpha value is -1.89. The van der Waals surface area contributed by atoms with Gasteiger partial charge in [0.05, 0.1) is 5.69 Å². The van der Waals surface area contributed by atoms with Gasteiger partial charge in [0.2, 0.25) is 0 Å². The molecule has 0 saturated carbocycles. The standard InChI is InChI=1S/C13H10F3NO2S/c1-5(2)10-11(13(18)19)20-12(17-10)6-3-4-7(14)9(16)8(6)15/h3-5H,1-2H3,(H,18,19). The molecular weight excluding hydrogens is 291 g/mol. The van der Waals surface area contributed by atoms with E-state index >= 15 is 0 Å². The molecule has 1 heterocycles. The summed E-state index contributed by atoms with van der Waals surface area (Å²) in [6, 6.07) is 1.83. The summed E-state index contributed by atoms with van der Waals surface area (Å²) in [6.07, 6.45) is 0. The maximum absolute atomic E-state index is 13.7. The van der Waals surface area contributed by atoms with E-state index in [2.05, 4.69) is 4.98 Å². The fourth-order valence-corrected chi connectivity index (χ4v) is 2.76. The number of aromatic nitrogens is 1. The molecule has 0 radical (unpaired) electrons. The van der Waals surface area contributed by atoms with Gasteiger partial charge in [-0.05, 0) is 18.1 Å². The van der Waals surface area contributed by atoms with Gasteiger partial charge >= 0.3 is 5.97 Å². The molecule has 7 heteroatoms. The van der Waals surface area contributed by atoms with Crippen LogP contribution in [0.5, 0.6) is 0 Å². The molecule has 0 unspecified atom stereocenters. The second-order valence-corrected chi connectivity index (χ2v) is 5.42. The number of hydrogen-bond donors (Lipinski definition) is 1. The lowest BCUT2D eigenvalue weighted by atomic mass is 10.1. The molecule has 0 aliphatic heterocycles. The lowest BCUT2D eigenvalue weighted by Gasteiger charge is -2.02. The van der Waals surface area contributed by atoms with Gasteiger partial charge in [-0.2, -0.15) is 0 Å². The van der Waals surface area contributed by atoms with Crippen LogP contribution in [0.1, 0.15) is 35.1 Å². The quantitative estimate of drug-likeness (QED) is 0.870. The summed E-state index contributed by atoms with van der Waals surface area (Å²) in [6.45, 7) is 3.49. The Kier molecular flexibility index (Phi) is 3.80. The van der Waals surface area contributed by atoms with Crippen molar-refractivity contribution in [2.45, 2.75) is 19.8 Å². The molecule has 0 spiro atoms. The summed E-state index contributed by atoms with van der Waals surface area (Å²) in [5, 5.41) is 9.10. The molecule has 0 aliphatic carbocycles. The van der Waals surface area contributed by atoms with Crippen LogP contribution in [0.25, 0.3) is 10.6 Å². The Morgan fingerprint density at radius 3 is 2.40 bits per heavy atom. The summed E-state index contributed by atoms with van der Waals surface area (Å²) < 4.78 is 39.8. The Bertz CT molecular complexity index is 682. The number of carbonyl (C=O) groups is 1. The SMILES string of the molecule is CC(C)c1nc(-c2ccc(F)c(F)c2F)sc1C(=O)O. The number of benzene rings is 1. The second kappa shape index (κ2) is 5.24. The van der Waals surface area contributed by atoms with Crippen molar-refractivity contribution in [3.63, 3.8) is 0 Å². The number of thiazole rings is 1. The zero-order chi connectivity index (χ0) is 15.0. The molecule has 0 saturated heterocycles. The van der Waals surface area contributed by atoms with Gasteiger partial charge in [-0.25, -0.2) is 22.9 Å². The zero-order valence-corrected chi connectivity index (χ0v) is 11.4. The van der Waals surface area contributed by atoms with Gasteiger partial charge in [0, 0.05) is 5.56 Å². The minimum Gasteiger partial charge on any atom is -0.477 e. The minimum absolute atomic E-state index is 0.0162. The van der Waals surface area contributed by atoms with Gasteiger partial charge in [-0.3, -0.25) is 0 Å². The van der Waals surface area contributed by atoms with Crippen molar-refractivity contribution in [3.8, 4) is 10.6 Å². The van der Waals surface area contributed by atoms with Gasteiger partial charge in [0.15, 0.2) is 17.5 Å². The average molecular weight is 301 g/mol. The second-order valence-electron chi connectivity index (χ2n) is 4.42. The molecule has 20 heavy (non-hydrogen) atoms. The van der Waals surface area contributed by atoms with Crippen molar-refractivity contribution in [2.75, 3.05) is 0 Å². The third-order valence-electron chi connectivity index (χ3n) is 2.66. The van der Waals surface area contributed by atoms with Crippen molar-refractivity contribution in [1.82, 2.24) is 4.98 Å². The predicted molar refractivity (Wildman–Crippen MR) is 68.5 cm³/mol. The predicted octanol–water partition coefficient (Wildman–Crippen LogP) is 4.05. The Labute approximate surface area is 116 Å². The van der Waals surface area contributed by atoms with Crippen LogP contribution in [-0.2, 0) is 0 Å². The third kappa shape index (κ3) is 2.40. The van der Waals surface area contributed by atoms with E-state index in [0.29, 0.717) is 5.69 Å². The van der Waals surface area contributed by atoms with Crippen molar-refractivity contribution in [2.24, 2.45) is 0 Å². The number of aromatic carboxylic acids is 1. The first-order chi connectivity index (χ1) is 9.32. The van der Waals surface area contributed by atoms with E-state index in [1.165, 1.54) is 0 Å². The lowest BCUT2D eigenvalue weighted by Crippen LogP contribution is -2.00.